The molecular formula is C19H18BrN5O3S. The maximum Gasteiger partial charge on any atom is 0.365 e. The molecule has 0 saturated carbocycles. The van der Waals surface area contributed by atoms with Crippen LogP contribution in [0.4, 0.5) is 5.69 Å². The number of thioether (sulfide) groups is 1. The molecule has 2 aromatic carbocycles. The summed E-state index contributed by atoms with van der Waals surface area (Å²) in [6.07, 6.45) is 0. The number of esters is 1. The maximum atomic E-state index is 12.2. The summed E-state index contributed by atoms with van der Waals surface area (Å²) in [4.78, 5) is 12.2. The molecule has 0 unspecified atom stereocenters. The molecule has 0 amide bonds. The molecular weight excluding hydrogens is 458 g/mol. The molecule has 0 aliphatic heterocycles. The standard InChI is InChI=1S/C19H18BrN5O3S/c1-25-16(12-4-10-15(27-2)11-5-12)22-24-19(25)29-17(18(26)28-3)23-21-14-8-6-13(20)7-9-14/h4-11,21H,1-3H3/b23-17+. The van der Waals surface area contributed by atoms with Crippen molar-refractivity contribution in [2.45, 2.75) is 5.16 Å². The molecule has 3 aromatic rings. The Morgan fingerprint density at radius 1 is 1.10 bits per heavy atom. The molecule has 150 valence electrons. The van der Waals surface area contributed by atoms with Gasteiger partial charge in [-0.05, 0) is 60.3 Å². The Kier molecular flexibility index (Phi) is 6.89. The highest BCUT2D eigenvalue weighted by molar-refractivity contribution is 9.10. The van der Waals surface area contributed by atoms with Crippen LogP contribution in [-0.4, -0.2) is 40.0 Å². The Bertz CT molecular complexity index is 1020. The molecule has 8 nitrogen and oxygen atoms in total. The minimum atomic E-state index is -0.575. The number of methoxy groups -OCH3 is 2. The van der Waals surface area contributed by atoms with Crippen molar-refractivity contribution in [2.75, 3.05) is 19.6 Å². The zero-order valence-electron chi connectivity index (χ0n) is 15.9. The summed E-state index contributed by atoms with van der Waals surface area (Å²) < 4.78 is 12.7. The zero-order valence-corrected chi connectivity index (χ0v) is 18.3. The van der Waals surface area contributed by atoms with Gasteiger partial charge in [-0.15, -0.1) is 10.2 Å². The fraction of sp³-hybridized carbons (Fsp3) is 0.158. The van der Waals surface area contributed by atoms with E-state index in [0.29, 0.717) is 11.0 Å². The van der Waals surface area contributed by atoms with E-state index in [9.17, 15) is 4.79 Å². The fourth-order valence-electron chi connectivity index (χ4n) is 2.32. The topological polar surface area (TPSA) is 90.6 Å². The van der Waals surface area contributed by atoms with Gasteiger partial charge in [0.1, 0.15) is 5.75 Å². The van der Waals surface area contributed by atoms with Gasteiger partial charge in [-0.1, -0.05) is 15.9 Å². The third-order valence-corrected chi connectivity index (χ3v) is 5.38. The van der Waals surface area contributed by atoms with Gasteiger partial charge in [-0.3, -0.25) is 5.43 Å². The molecule has 1 heterocycles. The van der Waals surface area contributed by atoms with E-state index in [2.05, 4.69) is 36.7 Å². The molecule has 29 heavy (non-hydrogen) atoms. The Hall–Kier alpha value is -2.85. The van der Waals surface area contributed by atoms with Crippen LogP contribution in [0.15, 0.2) is 63.3 Å². The Labute approximate surface area is 180 Å². The summed E-state index contributed by atoms with van der Waals surface area (Å²) in [5.74, 6) is 0.832. The summed E-state index contributed by atoms with van der Waals surface area (Å²) in [6.45, 7) is 0. The smallest absolute Gasteiger partial charge is 0.365 e. The number of ether oxygens (including phenoxy) is 2. The predicted octanol–water partition coefficient (Wildman–Crippen LogP) is 3.94. The van der Waals surface area contributed by atoms with Crippen molar-refractivity contribution in [3.05, 3.63) is 53.0 Å². The number of hydrogen-bond acceptors (Lipinski definition) is 8. The second kappa shape index (κ2) is 9.57. The first-order chi connectivity index (χ1) is 14.0. The van der Waals surface area contributed by atoms with E-state index in [0.717, 1.165) is 33.2 Å². The molecule has 0 aliphatic rings. The van der Waals surface area contributed by atoms with E-state index < -0.39 is 5.97 Å². The fourth-order valence-corrected chi connectivity index (χ4v) is 3.32. The van der Waals surface area contributed by atoms with Crippen molar-refractivity contribution < 1.29 is 14.3 Å². The predicted molar refractivity (Wildman–Crippen MR) is 116 cm³/mol. The third-order valence-electron chi connectivity index (χ3n) is 3.86. The summed E-state index contributed by atoms with van der Waals surface area (Å²) in [5, 5.41) is 13.2. The van der Waals surface area contributed by atoms with Crippen LogP contribution in [0, 0.1) is 0 Å². The van der Waals surface area contributed by atoms with Crippen molar-refractivity contribution in [2.24, 2.45) is 12.1 Å². The third kappa shape index (κ3) is 5.15. The molecule has 0 spiro atoms. The van der Waals surface area contributed by atoms with Crippen LogP contribution in [-0.2, 0) is 16.6 Å². The minimum absolute atomic E-state index is 0.104. The second-order valence-corrected chi connectivity index (χ2v) is 7.59. The Morgan fingerprint density at radius 2 is 1.79 bits per heavy atom. The van der Waals surface area contributed by atoms with Gasteiger partial charge >= 0.3 is 5.97 Å². The lowest BCUT2D eigenvalue weighted by atomic mass is 10.2. The normalized spacial score (nSPS) is 11.2. The van der Waals surface area contributed by atoms with Crippen LogP contribution in [0.25, 0.3) is 11.4 Å². The average Bonchev–Trinajstić information content (AvgIpc) is 3.11. The highest BCUT2D eigenvalue weighted by Gasteiger charge is 2.20. The first-order valence-corrected chi connectivity index (χ1v) is 10.0. The maximum absolute atomic E-state index is 12.2. The summed E-state index contributed by atoms with van der Waals surface area (Å²) in [6, 6.07) is 14.9. The van der Waals surface area contributed by atoms with Crippen LogP contribution >= 0.6 is 27.7 Å². The molecule has 0 fully saturated rings. The van der Waals surface area contributed by atoms with Gasteiger partial charge in [0.15, 0.2) is 11.0 Å². The lowest BCUT2D eigenvalue weighted by molar-refractivity contribution is -0.132. The van der Waals surface area contributed by atoms with Crippen LogP contribution in [0.3, 0.4) is 0 Å². The summed E-state index contributed by atoms with van der Waals surface area (Å²) in [5.41, 5.74) is 4.45. The summed E-state index contributed by atoms with van der Waals surface area (Å²) >= 11 is 4.44. The van der Waals surface area contributed by atoms with Crippen molar-refractivity contribution in [3.8, 4) is 17.1 Å². The second-order valence-electron chi connectivity index (χ2n) is 5.72. The van der Waals surface area contributed by atoms with Gasteiger partial charge in [0.2, 0.25) is 5.04 Å². The van der Waals surface area contributed by atoms with E-state index in [1.54, 1.807) is 11.7 Å². The SMILES string of the molecule is COC(=O)/C(=N\Nc1ccc(Br)cc1)Sc1nnc(-c2ccc(OC)cc2)n1C. The number of carbonyl (C=O) groups is 1. The lowest BCUT2D eigenvalue weighted by Gasteiger charge is -2.07. The zero-order chi connectivity index (χ0) is 20.8. The minimum Gasteiger partial charge on any atom is -0.497 e. The van der Waals surface area contributed by atoms with Crippen LogP contribution in [0.5, 0.6) is 5.75 Å². The van der Waals surface area contributed by atoms with Crippen LogP contribution < -0.4 is 10.2 Å². The van der Waals surface area contributed by atoms with Gasteiger partial charge < -0.3 is 14.0 Å². The number of hydrogen-bond donors (Lipinski definition) is 1. The van der Waals surface area contributed by atoms with Gasteiger partial charge in [-0.25, -0.2) is 4.79 Å². The number of benzene rings is 2. The van der Waals surface area contributed by atoms with E-state index >= 15 is 0 Å². The first-order valence-electron chi connectivity index (χ1n) is 8.41. The summed E-state index contributed by atoms with van der Waals surface area (Å²) in [7, 11) is 4.73. The number of nitrogens with zero attached hydrogens (tertiary/aromatic N) is 4. The first kappa shape index (κ1) is 20.9. The number of nitrogens with one attached hydrogen (secondary N) is 1. The van der Waals surface area contributed by atoms with Crippen molar-refractivity contribution in [1.82, 2.24) is 14.8 Å². The van der Waals surface area contributed by atoms with E-state index in [4.69, 9.17) is 9.47 Å². The largest absolute Gasteiger partial charge is 0.497 e. The lowest BCUT2D eigenvalue weighted by Crippen LogP contribution is -2.15. The molecule has 3 rings (SSSR count). The van der Waals surface area contributed by atoms with Gasteiger partial charge in [-0.2, -0.15) is 5.10 Å². The van der Waals surface area contributed by atoms with Gasteiger partial charge in [0.25, 0.3) is 0 Å². The molecule has 0 aliphatic carbocycles. The van der Waals surface area contributed by atoms with E-state index in [1.807, 2.05) is 55.6 Å². The monoisotopic (exact) mass is 475 g/mol. The van der Waals surface area contributed by atoms with E-state index in [1.165, 1.54) is 7.11 Å². The van der Waals surface area contributed by atoms with Crippen molar-refractivity contribution in [1.29, 1.82) is 0 Å². The number of carbonyl (C=O) groups excluding carboxylic acids is 1. The van der Waals surface area contributed by atoms with Crippen LogP contribution in [0.1, 0.15) is 0 Å². The highest BCUT2D eigenvalue weighted by atomic mass is 79.9. The molecule has 0 bridgehead atoms. The van der Waals surface area contributed by atoms with Gasteiger partial charge in [0, 0.05) is 17.1 Å². The molecule has 0 saturated heterocycles. The average molecular weight is 476 g/mol. The Morgan fingerprint density at radius 3 is 2.41 bits per heavy atom. The number of aromatic nitrogens is 3. The van der Waals surface area contributed by atoms with Gasteiger partial charge in [0.05, 0.1) is 19.9 Å². The van der Waals surface area contributed by atoms with E-state index in [-0.39, 0.29) is 5.04 Å². The number of rotatable bonds is 5. The Balaban J connectivity index is 1.82. The molecule has 1 aromatic heterocycles. The quantitative estimate of drug-likeness (QED) is 0.196. The van der Waals surface area contributed by atoms with Crippen molar-refractivity contribution >= 4 is 44.4 Å². The highest BCUT2D eigenvalue weighted by Crippen LogP contribution is 2.25. The van der Waals surface area contributed by atoms with Crippen LogP contribution in [0.2, 0.25) is 0 Å². The molecule has 10 heteroatoms. The molecule has 1 N–H and O–H groups in total. The molecule has 0 atom stereocenters. The van der Waals surface area contributed by atoms with Crippen molar-refractivity contribution in [3.63, 3.8) is 0 Å². The molecule has 0 radical (unpaired) electrons. The number of anilines is 1. The number of hydrazone groups is 1. The number of halogens is 1.